The summed E-state index contributed by atoms with van der Waals surface area (Å²) in [6, 6.07) is 8.67. The summed E-state index contributed by atoms with van der Waals surface area (Å²) in [7, 11) is 0. The molecule has 0 aromatic heterocycles. The quantitative estimate of drug-likeness (QED) is 0.786. The molecule has 0 N–H and O–H groups in total. The molecule has 5 heteroatoms. The van der Waals surface area contributed by atoms with E-state index >= 15 is 0 Å². The van der Waals surface area contributed by atoms with Crippen LogP contribution < -0.4 is 0 Å². The van der Waals surface area contributed by atoms with Crippen LogP contribution in [0.25, 0.3) is 0 Å². The van der Waals surface area contributed by atoms with Crippen molar-refractivity contribution in [3.63, 3.8) is 0 Å². The number of nitrogens with zero attached hydrogens (tertiary/aromatic N) is 3. The number of hydrogen-bond donors (Lipinski definition) is 0. The maximum atomic E-state index is 13.0. The molecule has 1 aromatic rings. The minimum atomic E-state index is 0.373. The number of hydrogen-bond acceptors (Lipinski definition) is 3. The Hall–Kier alpha value is -1.10. The molecule has 1 saturated carbocycles. The van der Waals surface area contributed by atoms with Crippen LogP contribution in [0.15, 0.2) is 24.3 Å². The zero-order valence-corrected chi connectivity index (χ0v) is 17.0. The Bertz CT molecular complexity index is 625. The zero-order valence-electron chi connectivity index (χ0n) is 16.3. The molecule has 148 valence electrons. The first-order valence-electron chi connectivity index (χ1n) is 10.7. The summed E-state index contributed by atoms with van der Waals surface area (Å²) in [5.74, 6) is 1.14. The molecular weight excluding hydrogens is 358 g/mol. The molecule has 1 aromatic carbocycles. The van der Waals surface area contributed by atoms with Crippen molar-refractivity contribution in [1.82, 2.24) is 14.7 Å². The molecular formula is C22H32ClN3O. The number of carbonyl (C=O) groups is 1. The van der Waals surface area contributed by atoms with Crippen LogP contribution in [0, 0.1) is 5.92 Å². The molecule has 3 fully saturated rings. The van der Waals surface area contributed by atoms with Crippen molar-refractivity contribution in [2.24, 2.45) is 5.92 Å². The molecule has 2 atom stereocenters. The normalized spacial score (nSPS) is 27.4. The predicted octanol–water partition coefficient (Wildman–Crippen LogP) is 3.64. The van der Waals surface area contributed by atoms with Crippen LogP contribution in [0.2, 0.25) is 5.02 Å². The third-order valence-electron chi connectivity index (χ3n) is 6.71. The molecule has 0 bridgehead atoms. The molecule has 0 radical (unpaired) electrons. The summed E-state index contributed by atoms with van der Waals surface area (Å²) in [5, 5.41) is 0.792. The van der Waals surface area contributed by atoms with Gasteiger partial charge >= 0.3 is 0 Å². The monoisotopic (exact) mass is 389 g/mol. The average Bonchev–Trinajstić information content (AvgIpc) is 2.71. The third-order valence-corrected chi connectivity index (χ3v) is 6.96. The second kappa shape index (κ2) is 8.93. The van der Waals surface area contributed by atoms with Gasteiger partial charge in [0.25, 0.3) is 0 Å². The first-order valence-corrected chi connectivity index (χ1v) is 11.1. The predicted molar refractivity (Wildman–Crippen MR) is 110 cm³/mol. The van der Waals surface area contributed by atoms with Crippen molar-refractivity contribution in [1.29, 1.82) is 0 Å². The van der Waals surface area contributed by atoms with Gasteiger partial charge in [-0.3, -0.25) is 14.6 Å². The Kier molecular flexibility index (Phi) is 6.36. The average molecular weight is 390 g/mol. The van der Waals surface area contributed by atoms with Crippen LogP contribution in [0.1, 0.15) is 44.1 Å². The van der Waals surface area contributed by atoms with Crippen molar-refractivity contribution in [2.45, 2.75) is 51.1 Å². The molecule has 4 nitrogen and oxygen atoms in total. The summed E-state index contributed by atoms with van der Waals surface area (Å²) in [6.45, 7) is 6.59. The number of likely N-dealkylation sites (tertiary alicyclic amines) is 1. The summed E-state index contributed by atoms with van der Waals surface area (Å²) in [6.07, 6.45) is 7.75. The van der Waals surface area contributed by atoms with Crippen LogP contribution >= 0.6 is 11.6 Å². The second-order valence-corrected chi connectivity index (χ2v) is 8.96. The lowest BCUT2D eigenvalue weighted by Gasteiger charge is -2.45. The number of piperidine rings is 1. The highest BCUT2D eigenvalue weighted by atomic mass is 35.5. The van der Waals surface area contributed by atoms with Crippen molar-refractivity contribution in [2.75, 3.05) is 39.3 Å². The maximum Gasteiger partial charge on any atom is 0.237 e. The number of fused-ring (bicyclic) bond motifs is 1. The van der Waals surface area contributed by atoms with Crippen LogP contribution in [-0.4, -0.2) is 65.9 Å². The van der Waals surface area contributed by atoms with E-state index in [1.165, 1.54) is 44.1 Å². The van der Waals surface area contributed by atoms with Gasteiger partial charge < -0.3 is 4.90 Å². The highest BCUT2D eigenvalue weighted by Gasteiger charge is 2.36. The van der Waals surface area contributed by atoms with Gasteiger partial charge in [0.05, 0.1) is 6.54 Å². The van der Waals surface area contributed by atoms with Crippen LogP contribution in [0.3, 0.4) is 0 Å². The number of benzene rings is 1. The van der Waals surface area contributed by atoms with Crippen molar-refractivity contribution in [3.8, 4) is 0 Å². The highest BCUT2D eigenvalue weighted by molar-refractivity contribution is 6.30. The van der Waals surface area contributed by atoms with Gasteiger partial charge in [-0.15, -0.1) is 0 Å². The first-order chi connectivity index (χ1) is 13.2. The fraction of sp³-hybridized carbons (Fsp3) is 0.682. The van der Waals surface area contributed by atoms with E-state index in [0.29, 0.717) is 18.5 Å². The van der Waals surface area contributed by atoms with Crippen LogP contribution in [0.5, 0.6) is 0 Å². The molecule has 1 amide bonds. The van der Waals surface area contributed by atoms with Crippen LogP contribution in [0.4, 0.5) is 0 Å². The van der Waals surface area contributed by atoms with E-state index in [0.717, 1.165) is 50.2 Å². The molecule has 0 spiro atoms. The molecule has 1 aliphatic carbocycles. The molecule has 2 aliphatic heterocycles. The largest absolute Gasteiger partial charge is 0.338 e. The number of piperazine rings is 1. The minimum Gasteiger partial charge on any atom is -0.338 e. The van der Waals surface area contributed by atoms with Crippen molar-refractivity contribution in [3.05, 3.63) is 34.9 Å². The van der Waals surface area contributed by atoms with Crippen molar-refractivity contribution < 1.29 is 4.79 Å². The van der Waals surface area contributed by atoms with Gasteiger partial charge in [0.1, 0.15) is 0 Å². The SMILES string of the molecule is O=C(CN1CCN(Cc2ccc(Cl)cc2)CC1)N1CCCC2CCCCC21. The third kappa shape index (κ3) is 4.85. The van der Waals surface area contributed by atoms with E-state index in [1.807, 2.05) is 12.1 Å². The van der Waals surface area contributed by atoms with E-state index in [1.54, 1.807) is 0 Å². The topological polar surface area (TPSA) is 26.8 Å². The Morgan fingerprint density at radius 1 is 0.889 bits per heavy atom. The van der Waals surface area contributed by atoms with Gasteiger partial charge in [0, 0.05) is 50.3 Å². The maximum absolute atomic E-state index is 13.0. The van der Waals surface area contributed by atoms with E-state index in [-0.39, 0.29) is 0 Å². The van der Waals surface area contributed by atoms with Crippen LogP contribution in [-0.2, 0) is 11.3 Å². The van der Waals surface area contributed by atoms with Gasteiger partial charge in [-0.25, -0.2) is 0 Å². The van der Waals surface area contributed by atoms with Gasteiger partial charge in [-0.2, -0.15) is 0 Å². The smallest absolute Gasteiger partial charge is 0.237 e. The molecule has 27 heavy (non-hydrogen) atoms. The Morgan fingerprint density at radius 2 is 1.56 bits per heavy atom. The van der Waals surface area contributed by atoms with E-state index in [4.69, 9.17) is 11.6 Å². The number of carbonyl (C=O) groups excluding carboxylic acids is 1. The molecule has 4 rings (SSSR count). The van der Waals surface area contributed by atoms with Gasteiger partial charge in [0.15, 0.2) is 0 Å². The van der Waals surface area contributed by atoms with Gasteiger partial charge in [-0.1, -0.05) is 36.6 Å². The fourth-order valence-corrected chi connectivity index (χ4v) is 5.30. The highest BCUT2D eigenvalue weighted by Crippen LogP contribution is 2.35. The Morgan fingerprint density at radius 3 is 2.33 bits per heavy atom. The standard InChI is InChI=1S/C22H32ClN3O/c23-20-9-7-18(8-10-20)16-24-12-14-25(15-13-24)17-22(27)26-11-3-5-19-4-1-2-6-21(19)26/h7-10,19,21H,1-6,11-17H2. The Balaban J connectivity index is 1.25. The Labute approximate surface area is 168 Å². The molecule has 2 heterocycles. The molecule has 3 aliphatic rings. The summed E-state index contributed by atoms with van der Waals surface area (Å²) in [4.78, 5) is 20.1. The number of rotatable bonds is 4. The fourth-order valence-electron chi connectivity index (χ4n) is 5.17. The first kappa shape index (κ1) is 19.2. The minimum absolute atomic E-state index is 0.373. The summed E-state index contributed by atoms with van der Waals surface area (Å²) < 4.78 is 0. The lowest BCUT2D eigenvalue weighted by atomic mass is 9.78. The van der Waals surface area contributed by atoms with E-state index < -0.39 is 0 Å². The molecule has 2 saturated heterocycles. The van der Waals surface area contributed by atoms with E-state index in [2.05, 4.69) is 26.8 Å². The van der Waals surface area contributed by atoms with E-state index in [9.17, 15) is 4.79 Å². The van der Waals surface area contributed by atoms with Gasteiger partial charge in [-0.05, 0) is 49.3 Å². The summed E-state index contributed by atoms with van der Waals surface area (Å²) in [5.41, 5.74) is 1.31. The molecule has 2 unspecified atom stereocenters. The second-order valence-electron chi connectivity index (χ2n) is 8.52. The van der Waals surface area contributed by atoms with Gasteiger partial charge in [0.2, 0.25) is 5.91 Å². The number of halogens is 1. The lowest BCUT2D eigenvalue weighted by Crippen LogP contribution is -2.54. The summed E-state index contributed by atoms with van der Waals surface area (Å²) >= 11 is 5.97. The van der Waals surface area contributed by atoms with Crippen molar-refractivity contribution >= 4 is 17.5 Å². The number of amides is 1. The zero-order chi connectivity index (χ0) is 18.6. The lowest BCUT2D eigenvalue weighted by molar-refractivity contribution is -0.139.